The van der Waals surface area contributed by atoms with E-state index >= 15 is 0 Å². The fraction of sp³-hybridized carbons (Fsp3) is 0.706. The van der Waals surface area contributed by atoms with Gasteiger partial charge in [0.15, 0.2) is 0 Å². The number of aromatic nitrogens is 2. The molecule has 0 saturated heterocycles. The van der Waals surface area contributed by atoms with Gasteiger partial charge in [0.2, 0.25) is 11.1 Å². The average molecular weight is 385 g/mol. The summed E-state index contributed by atoms with van der Waals surface area (Å²) in [4.78, 5) is 33.1. The molecule has 1 saturated carbocycles. The molecule has 9 heteroatoms. The molecule has 1 aromatic rings. The number of anilines is 1. The summed E-state index contributed by atoms with van der Waals surface area (Å²) in [5.41, 5.74) is -0.194. The number of hydrogen-bond donors (Lipinski definition) is 0. The van der Waals surface area contributed by atoms with Crippen LogP contribution in [0.3, 0.4) is 0 Å². The van der Waals surface area contributed by atoms with Crippen molar-refractivity contribution in [3.63, 3.8) is 0 Å². The third-order valence-corrected chi connectivity index (χ3v) is 4.81. The Kier molecular flexibility index (Phi) is 7.56. The predicted molar refractivity (Wildman–Crippen MR) is 98.3 cm³/mol. The zero-order chi connectivity index (χ0) is 19.1. The van der Waals surface area contributed by atoms with Gasteiger partial charge in [-0.2, -0.15) is 4.98 Å². The Hall–Kier alpha value is -1.96. The first-order chi connectivity index (χ1) is 12.5. The van der Waals surface area contributed by atoms with Crippen LogP contribution in [0.25, 0.3) is 0 Å². The number of hydrogen-bond acceptors (Lipinski definition) is 7. The van der Waals surface area contributed by atoms with E-state index in [2.05, 4.69) is 9.97 Å². The zero-order valence-electron chi connectivity index (χ0n) is 15.2. The molecule has 26 heavy (non-hydrogen) atoms. The van der Waals surface area contributed by atoms with Crippen LogP contribution in [0.2, 0.25) is 5.28 Å². The predicted octanol–water partition coefficient (Wildman–Crippen LogP) is 3.77. The largest absolute Gasteiger partial charge is 0.466 e. The summed E-state index contributed by atoms with van der Waals surface area (Å²) in [6.07, 6.45) is 6.49. The van der Waals surface area contributed by atoms with Crippen molar-refractivity contribution in [2.75, 3.05) is 18.1 Å². The maximum Gasteiger partial charge on any atom is 0.329 e. The lowest BCUT2D eigenvalue weighted by Crippen LogP contribution is -2.41. The number of carbonyl (C=O) groups is 1. The van der Waals surface area contributed by atoms with Crippen molar-refractivity contribution < 1.29 is 14.5 Å². The lowest BCUT2D eigenvalue weighted by atomic mass is 10.0. The quantitative estimate of drug-likeness (QED) is 0.276. The molecule has 1 fully saturated rings. The Bertz CT molecular complexity index is 637. The van der Waals surface area contributed by atoms with Crippen LogP contribution in [0.15, 0.2) is 6.20 Å². The molecule has 0 amide bonds. The van der Waals surface area contributed by atoms with Gasteiger partial charge in [-0.25, -0.2) is 4.98 Å². The van der Waals surface area contributed by atoms with Gasteiger partial charge in [-0.15, -0.1) is 0 Å². The highest BCUT2D eigenvalue weighted by Gasteiger charge is 2.33. The molecule has 0 N–H and O–H groups in total. The molecule has 1 aliphatic rings. The first-order valence-electron chi connectivity index (χ1n) is 9.08. The van der Waals surface area contributed by atoms with Crippen LogP contribution in [-0.4, -0.2) is 40.1 Å². The van der Waals surface area contributed by atoms with Gasteiger partial charge in [0.05, 0.1) is 17.4 Å². The maximum atomic E-state index is 12.4. The van der Waals surface area contributed by atoms with Gasteiger partial charge in [0.1, 0.15) is 6.20 Å². The van der Waals surface area contributed by atoms with Gasteiger partial charge in [-0.05, 0) is 37.8 Å². The van der Waals surface area contributed by atoms with Crippen LogP contribution in [0.1, 0.15) is 52.4 Å². The minimum absolute atomic E-state index is 0.0447. The lowest BCUT2D eigenvalue weighted by molar-refractivity contribution is -0.384. The fourth-order valence-corrected chi connectivity index (χ4v) is 3.57. The van der Waals surface area contributed by atoms with Crippen LogP contribution < -0.4 is 4.90 Å². The van der Waals surface area contributed by atoms with Gasteiger partial charge in [0.25, 0.3) is 0 Å². The van der Waals surface area contributed by atoms with Crippen LogP contribution in [0.5, 0.6) is 0 Å². The molecule has 144 valence electrons. The summed E-state index contributed by atoms with van der Waals surface area (Å²) < 4.78 is 5.20. The van der Waals surface area contributed by atoms with Gasteiger partial charge >= 0.3 is 11.7 Å². The summed E-state index contributed by atoms with van der Waals surface area (Å²) in [6.45, 7) is 4.40. The number of nitrogens with zero attached hydrogens (tertiary/aromatic N) is 4. The van der Waals surface area contributed by atoms with Crippen LogP contribution >= 0.6 is 11.6 Å². The molecule has 2 rings (SSSR count). The van der Waals surface area contributed by atoms with E-state index in [-0.39, 0.29) is 34.7 Å². The molecule has 0 aliphatic heterocycles. The van der Waals surface area contributed by atoms with Crippen molar-refractivity contribution in [3.05, 3.63) is 21.6 Å². The molecule has 0 radical (unpaired) electrons. The standard InChI is InChI=1S/C17H25ClN4O4/c1-3-7-12(16(23)26-4-2)11-21(13-8-5-6-9-13)15-14(22(24)25)10-19-17(18)20-15/h10,12-13H,3-9,11H2,1-2H3. The summed E-state index contributed by atoms with van der Waals surface area (Å²) in [5, 5.41) is 11.4. The summed E-state index contributed by atoms with van der Waals surface area (Å²) in [6, 6.07) is 0.0912. The van der Waals surface area contributed by atoms with E-state index in [0.29, 0.717) is 19.6 Å². The van der Waals surface area contributed by atoms with E-state index in [1.807, 2.05) is 11.8 Å². The first kappa shape index (κ1) is 20.4. The van der Waals surface area contributed by atoms with Crippen LogP contribution in [-0.2, 0) is 9.53 Å². The monoisotopic (exact) mass is 384 g/mol. The van der Waals surface area contributed by atoms with Crippen molar-refractivity contribution in [2.24, 2.45) is 5.92 Å². The van der Waals surface area contributed by atoms with Gasteiger partial charge in [0, 0.05) is 12.6 Å². The van der Waals surface area contributed by atoms with E-state index in [0.717, 1.165) is 38.3 Å². The second-order valence-corrected chi connectivity index (χ2v) is 6.77. The van der Waals surface area contributed by atoms with Crippen molar-refractivity contribution >= 4 is 29.1 Å². The molecule has 1 heterocycles. The van der Waals surface area contributed by atoms with Crippen LogP contribution in [0.4, 0.5) is 11.5 Å². The minimum Gasteiger partial charge on any atom is -0.466 e. The van der Waals surface area contributed by atoms with Crippen molar-refractivity contribution in [3.8, 4) is 0 Å². The molecule has 0 aromatic carbocycles. The summed E-state index contributed by atoms with van der Waals surface area (Å²) >= 11 is 5.92. The average Bonchev–Trinajstić information content (AvgIpc) is 3.12. The first-order valence-corrected chi connectivity index (χ1v) is 9.45. The highest BCUT2D eigenvalue weighted by molar-refractivity contribution is 6.28. The number of rotatable bonds is 9. The smallest absolute Gasteiger partial charge is 0.329 e. The van der Waals surface area contributed by atoms with E-state index in [1.54, 1.807) is 6.92 Å². The maximum absolute atomic E-state index is 12.4. The Balaban J connectivity index is 2.39. The SMILES string of the molecule is CCCC(CN(c1nc(Cl)ncc1[N+](=O)[O-])C1CCCC1)C(=O)OCC. The van der Waals surface area contributed by atoms with Crippen molar-refractivity contribution in [1.82, 2.24) is 9.97 Å². The Morgan fingerprint density at radius 2 is 2.15 bits per heavy atom. The molecular weight excluding hydrogens is 360 g/mol. The third-order valence-electron chi connectivity index (χ3n) is 4.63. The second-order valence-electron chi connectivity index (χ2n) is 6.43. The molecule has 0 spiro atoms. The topological polar surface area (TPSA) is 98.5 Å². The van der Waals surface area contributed by atoms with E-state index < -0.39 is 4.92 Å². The van der Waals surface area contributed by atoms with E-state index in [9.17, 15) is 14.9 Å². The normalized spacial score (nSPS) is 15.7. The third kappa shape index (κ3) is 5.03. The molecular formula is C17H25ClN4O4. The molecule has 0 bridgehead atoms. The molecule has 8 nitrogen and oxygen atoms in total. The minimum atomic E-state index is -0.507. The molecule has 1 atom stereocenters. The Morgan fingerprint density at radius 3 is 2.73 bits per heavy atom. The number of carbonyl (C=O) groups excluding carboxylic acids is 1. The fourth-order valence-electron chi connectivity index (χ4n) is 3.44. The zero-order valence-corrected chi connectivity index (χ0v) is 15.9. The van der Waals surface area contributed by atoms with Gasteiger partial charge < -0.3 is 9.64 Å². The van der Waals surface area contributed by atoms with E-state index in [4.69, 9.17) is 16.3 Å². The molecule has 1 unspecified atom stereocenters. The van der Waals surface area contributed by atoms with E-state index in [1.165, 1.54) is 0 Å². The number of esters is 1. The summed E-state index contributed by atoms with van der Waals surface area (Å²) in [5.74, 6) is -0.457. The Morgan fingerprint density at radius 1 is 1.46 bits per heavy atom. The van der Waals surface area contributed by atoms with Crippen molar-refractivity contribution in [1.29, 1.82) is 0 Å². The molecule has 1 aromatic heterocycles. The van der Waals surface area contributed by atoms with Crippen LogP contribution in [0, 0.1) is 16.0 Å². The van der Waals surface area contributed by atoms with Crippen molar-refractivity contribution in [2.45, 2.75) is 58.4 Å². The number of ether oxygens (including phenoxy) is 1. The number of halogens is 1. The number of nitro groups is 1. The Labute approximate surface area is 158 Å². The highest BCUT2D eigenvalue weighted by Crippen LogP contribution is 2.34. The van der Waals surface area contributed by atoms with Gasteiger partial charge in [-0.1, -0.05) is 26.2 Å². The lowest BCUT2D eigenvalue weighted by Gasteiger charge is -2.32. The molecule has 1 aliphatic carbocycles. The van der Waals surface area contributed by atoms with Gasteiger partial charge in [-0.3, -0.25) is 14.9 Å². The highest BCUT2D eigenvalue weighted by atomic mass is 35.5. The second kappa shape index (κ2) is 9.66. The summed E-state index contributed by atoms with van der Waals surface area (Å²) in [7, 11) is 0.